The van der Waals surface area contributed by atoms with Gasteiger partial charge in [-0.15, -0.1) is 24.0 Å². The molecular formula is C18H23IN6. The molecule has 2 N–H and O–H groups in total. The smallest absolute Gasteiger partial charge is 0.191 e. The zero-order chi connectivity index (χ0) is 16.6. The molecular weight excluding hydrogens is 427 g/mol. The van der Waals surface area contributed by atoms with E-state index in [9.17, 15) is 0 Å². The van der Waals surface area contributed by atoms with E-state index >= 15 is 0 Å². The Morgan fingerprint density at radius 3 is 2.48 bits per heavy atom. The molecule has 0 aliphatic rings. The molecule has 7 heteroatoms. The third-order valence-corrected chi connectivity index (χ3v) is 3.65. The zero-order valence-corrected chi connectivity index (χ0v) is 16.5. The van der Waals surface area contributed by atoms with Crippen molar-refractivity contribution in [3.8, 4) is 5.69 Å². The summed E-state index contributed by atoms with van der Waals surface area (Å²) in [6.45, 7) is 2.34. The molecule has 0 unspecified atom stereocenters. The highest BCUT2D eigenvalue weighted by Crippen LogP contribution is 2.06. The number of para-hydroxylation sites is 1. The molecule has 0 amide bonds. The van der Waals surface area contributed by atoms with E-state index in [-0.39, 0.29) is 24.0 Å². The molecule has 25 heavy (non-hydrogen) atoms. The van der Waals surface area contributed by atoms with Crippen molar-refractivity contribution >= 4 is 29.9 Å². The van der Waals surface area contributed by atoms with Crippen LogP contribution in [0.4, 0.5) is 0 Å². The fourth-order valence-corrected chi connectivity index (χ4v) is 2.40. The summed E-state index contributed by atoms with van der Waals surface area (Å²) in [5.74, 6) is 0.774. The van der Waals surface area contributed by atoms with E-state index in [4.69, 9.17) is 0 Å². The minimum atomic E-state index is 0. The van der Waals surface area contributed by atoms with Crippen molar-refractivity contribution in [2.45, 2.75) is 13.1 Å². The Kier molecular flexibility index (Phi) is 7.52. The molecule has 0 radical (unpaired) electrons. The lowest BCUT2D eigenvalue weighted by Gasteiger charge is -2.11. The number of halogens is 1. The number of nitrogens with one attached hydrogen (secondary N) is 2. The van der Waals surface area contributed by atoms with Crippen molar-refractivity contribution in [3.05, 3.63) is 72.8 Å². The molecule has 1 aromatic carbocycles. The molecule has 0 bridgehead atoms. The Morgan fingerprint density at radius 1 is 1.00 bits per heavy atom. The summed E-state index contributed by atoms with van der Waals surface area (Å²) in [6, 6.07) is 16.1. The average Bonchev–Trinajstić information content (AvgIpc) is 3.30. The minimum absolute atomic E-state index is 0. The number of aliphatic imine (C=N–C) groups is 1. The Balaban J connectivity index is 0.00000225. The third kappa shape index (κ3) is 5.63. The monoisotopic (exact) mass is 450 g/mol. The predicted octanol–water partition coefficient (Wildman–Crippen LogP) is 2.66. The number of nitrogens with zero attached hydrogens (tertiary/aromatic N) is 4. The summed E-state index contributed by atoms with van der Waals surface area (Å²) in [6.07, 6.45) is 6.07. The maximum absolute atomic E-state index is 4.57. The van der Waals surface area contributed by atoms with Gasteiger partial charge in [0.2, 0.25) is 0 Å². The van der Waals surface area contributed by atoms with Crippen LogP contribution in [0.3, 0.4) is 0 Å². The number of hydrogen-bond acceptors (Lipinski definition) is 2. The maximum Gasteiger partial charge on any atom is 0.191 e. The van der Waals surface area contributed by atoms with Crippen molar-refractivity contribution in [1.82, 2.24) is 25.0 Å². The van der Waals surface area contributed by atoms with E-state index in [1.54, 1.807) is 7.05 Å². The number of rotatable bonds is 6. The van der Waals surface area contributed by atoms with E-state index in [0.717, 1.165) is 30.4 Å². The van der Waals surface area contributed by atoms with Gasteiger partial charge in [0.1, 0.15) is 0 Å². The second-order valence-electron chi connectivity index (χ2n) is 5.36. The van der Waals surface area contributed by atoms with E-state index in [1.165, 1.54) is 0 Å². The molecule has 0 saturated carbocycles. The first-order valence-corrected chi connectivity index (χ1v) is 8.00. The van der Waals surface area contributed by atoms with E-state index < -0.39 is 0 Å². The fraction of sp³-hybridized carbons (Fsp3) is 0.222. The predicted molar refractivity (Wildman–Crippen MR) is 112 cm³/mol. The van der Waals surface area contributed by atoms with Crippen LogP contribution in [0, 0.1) is 0 Å². The van der Waals surface area contributed by atoms with Crippen LogP contribution in [0.5, 0.6) is 0 Å². The van der Waals surface area contributed by atoms with E-state index in [2.05, 4.69) is 25.3 Å². The first-order valence-electron chi connectivity index (χ1n) is 8.00. The van der Waals surface area contributed by atoms with Crippen molar-refractivity contribution in [2.24, 2.45) is 4.99 Å². The summed E-state index contributed by atoms with van der Waals surface area (Å²) < 4.78 is 4.00. The van der Waals surface area contributed by atoms with E-state index in [0.29, 0.717) is 6.54 Å². The maximum atomic E-state index is 4.57. The van der Waals surface area contributed by atoms with E-state index in [1.807, 2.05) is 71.8 Å². The van der Waals surface area contributed by atoms with Gasteiger partial charge in [-0.3, -0.25) is 4.99 Å². The van der Waals surface area contributed by atoms with Crippen LogP contribution in [-0.4, -0.2) is 33.9 Å². The lowest BCUT2D eigenvalue weighted by atomic mass is 10.3. The van der Waals surface area contributed by atoms with Gasteiger partial charge in [-0.05, 0) is 30.3 Å². The number of benzene rings is 1. The fourth-order valence-electron chi connectivity index (χ4n) is 2.40. The van der Waals surface area contributed by atoms with Gasteiger partial charge in [-0.2, -0.15) is 5.10 Å². The largest absolute Gasteiger partial charge is 0.355 e. The van der Waals surface area contributed by atoms with Crippen molar-refractivity contribution in [1.29, 1.82) is 0 Å². The molecule has 0 fully saturated rings. The summed E-state index contributed by atoms with van der Waals surface area (Å²) in [4.78, 5) is 4.24. The number of guanidine groups is 1. The van der Waals surface area contributed by atoms with Crippen LogP contribution in [-0.2, 0) is 13.1 Å². The van der Waals surface area contributed by atoms with Crippen molar-refractivity contribution in [3.63, 3.8) is 0 Å². The zero-order valence-electron chi connectivity index (χ0n) is 14.2. The quantitative estimate of drug-likeness (QED) is 0.345. The van der Waals surface area contributed by atoms with Gasteiger partial charge in [0.15, 0.2) is 5.96 Å². The standard InChI is InChI=1S/C18H22N6.HI/c1-19-18(20-10-14-23-11-5-6-12-23)21-15-16-9-13-24(22-16)17-7-3-2-4-8-17;/h2-9,11-13H,10,14-15H2,1H3,(H2,19,20,21);1H. The molecule has 0 saturated heterocycles. The van der Waals surface area contributed by atoms with Gasteiger partial charge in [-0.1, -0.05) is 18.2 Å². The topological polar surface area (TPSA) is 59.2 Å². The van der Waals surface area contributed by atoms with Gasteiger partial charge in [0.05, 0.1) is 17.9 Å². The molecule has 0 aliphatic carbocycles. The third-order valence-electron chi connectivity index (χ3n) is 3.65. The summed E-state index contributed by atoms with van der Waals surface area (Å²) in [5.41, 5.74) is 2.02. The number of hydrogen-bond donors (Lipinski definition) is 2. The highest BCUT2D eigenvalue weighted by molar-refractivity contribution is 14.0. The van der Waals surface area contributed by atoms with Crippen LogP contribution in [0.2, 0.25) is 0 Å². The highest BCUT2D eigenvalue weighted by atomic mass is 127. The SMILES string of the molecule is CN=C(NCCn1cccc1)NCc1ccn(-c2ccccc2)n1.I. The number of aromatic nitrogens is 3. The lowest BCUT2D eigenvalue weighted by molar-refractivity contribution is 0.663. The molecule has 0 aliphatic heterocycles. The molecule has 132 valence electrons. The molecule has 3 rings (SSSR count). The van der Waals surface area contributed by atoms with Crippen molar-refractivity contribution in [2.75, 3.05) is 13.6 Å². The van der Waals surface area contributed by atoms with Crippen LogP contribution in [0.15, 0.2) is 72.1 Å². The molecule has 2 heterocycles. The van der Waals surface area contributed by atoms with Crippen LogP contribution in [0.1, 0.15) is 5.69 Å². The average molecular weight is 450 g/mol. The van der Waals surface area contributed by atoms with Crippen molar-refractivity contribution < 1.29 is 0 Å². The Hall–Kier alpha value is -2.29. The molecule has 0 atom stereocenters. The lowest BCUT2D eigenvalue weighted by Crippen LogP contribution is -2.38. The normalized spacial score (nSPS) is 11.0. The molecule has 2 aromatic heterocycles. The van der Waals surface area contributed by atoms with Gasteiger partial charge in [0, 0.05) is 38.7 Å². The summed E-state index contributed by atoms with van der Waals surface area (Å²) in [7, 11) is 1.77. The Labute approximate surface area is 165 Å². The Morgan fingerprint density at radius 2 is 1.76 bits per heavy atom. The van der Waals surface area contributed by atoms with Gasteiger partial charge in [0.25, 0.3) is 0 Å². The first kappa shape index (κ1) is 19.0. The second kappa shape index (κ2) is 9.87. The van der Waals surface area contributed by atoms with Crippen LogP contribution < -0.4 is 10.6 Å². The van der Waals surface area contributed by atoms with Gasteiger partial charge < -0.3 is 15.2 Å². The molecule has 6 nitrogen and oxygen atoms in total. The van der Waals surface area contributed by atoms with Gasteiger partial charge >= 0.3 is 0 Å². The van der Waals surface area contributed by atoms with Gasteiger partial charge in [-0.25, -0.2) is 4.68 Å². The van der Waals surface area contributed by atoms with Crippen LogP contribution >= 0.6 is 24.0 Å². The second-order valence-corrected chi connectivity index (χ2v) is 5.36. The first-order chi connectivity index (χ1) is 11.8. The summed E-state index contributed by atoms with van der Waals surface area (Å²) >= 11 is 0. The minimum Gasteiger partial charge on any atom is -0.355 e. The Bertz CT molecular complexity index is 764. The highest BCUT2D eigenvalue weighted by Gasteiger charge is 2.02. The molecule has 0 spiro atoms. The molecule has 3 aromatic rings. The summed E-state index contributed by atoms with van der Waals surface area (Å²) in [5, 5.41) is 11.2. The van der Waals surface area contributed by atoms with Crippen LogP contribution in [0.25, 0.3) is 5.69 Å².